The molecule has 2 aliphatic rings. The van der Waals surface area contributed by atoms with Gasteiger partial charge < -0.3 is 5.32 Å². The van der Waals surface area contributed by atoms with E-state index in [4.69, 9.17) is 0 Å². The normalized spacial score (nSPS) is 26.2. The van der Waals surface area contributed by atoms with Crippen molar-refractivity contribution in [3.63, 3.8) is 0 Å². The third-order valence-corrected chi connectivity index (χ3v) is 4.64. The van der Waals surface area contributed by atoms with Gasteiger partial charge in [0.25, 0.3) is 5.91 Å². The third kappa shape index (κ3) is 3.34. The van der Waals surface area contributed by atoms with Crippen molar-refractivity contribution in [3.05, 3.63) is 11.1 Å². The number of hydrogen-bond acceptors (Lipinski definition) is 3. The third-order valence-electron chi connectivity index (χ3n) is 4.64. The molecule has 1 saturated carbocycles. The molecule has 0 radical (unpaired) electrons. The summed E-state index contributed by atoms with van der Waals surface area (Å²) in [4.78, 5) is 37.2. The molecule has 2 rings (SSSR count). The Bertz CT molecular complexity index is 484. The molecule has 5 heteroatoms. The van der Waals surface area contributed by atoms with Crippen LogP contribution >= 0.6 is 0 Å². The number of likely N-dealkylation sites (tertiary alicyclic amines) is 1. The Morgan fingerprint density at radius 2 is 1.81 bits per heavy atom. The first-order valence-corrected chi connectivity index (χ1v) is 7.66. The van der Waals surface area contributed by atoms with Gasteiger partial charge in [0.05, 0.1) is 6.42 Å². The van der Waals surface area contributed by atoms with Crippen LogP contribution in [-0.4, -0.2) is 36.2 Å². The molecular formula is C16H24N2O3. The van der Waals surface area contributed by atoms with Crippen molar-refractivity contribution in [2.75, 3.05) is 13.6 Å². The van der Waals surface area contributed by atoms with Crippen LogP contribution in [0, 0.1) is 11.8 Å². The van der Waals surface area contributed by atoms with Crippen LogP contribution in [0.1, 0.15) is 46.0 Å². The first-order valence-electron chi connectivity index (χ1n) is 7.66. The molecule has 0 atom stereocenters. The zero-order valence-corrected chi connectivity index (χ0v) is 13.1. The molecule has 1 aliphatic carbocycles. The van der Waals surface area contributed by atoms with Gasteiger partial charge in [-0.15, -0.1) is 0 Å². The molecule has 1 heterocycles. The highest BCUT2D eigenvalue weighted by molar-refractivity contribution is 6.13. The summed E-state index contributed by atoms with van der Waals surface area (Å²) in [6.07, 6.45) is 3.74. The maximum absolute atomic E-state index is 12.2. The molecule has 5 nitrogen and oxygen atoms in total. The van der Waals surface area contributed by atoms with Crippen molar-refractivity contribution in [2.24, 2.45) is 11.8 Å². The van der Waals surface area contributed by atoms with E-state index in [1.165, 1.54) is 4.90 Å². The first-order chi connectivity index (χ1) is 9.93. The number of nitrogens with zero attached hydrogens (tertiary/aromatic N) is 1. The van der Waals surface area contributed by atoms with Gasteiger partial charge in [0.2, 0.25) is 11.8 Å². The van der Waals surface area contributed by atoms with E-state index < -0.39 is 0 Å². The Hall–Kier alpha value is -1.65. The number of amides is 3. The van der Waals surface area contributed by atoms with Gasteiger partial charge in [-0.05, 0) is 45.4 Å². The van der Waals surface area contributed by atoms with Crippen LogP contribution in [0.3, 0.4) is 0 Å². The largest absolute Gasteiger partial charge is 0.359 e. The quantitative estimate of drug-likeness (QED) is 0.635. The molecule has 0 aromatic carbocycles. The highest BCUT2D eigenvalue weighted by Gasteiger charge is 2.36. The molecule has 0 aromatic heterocycles. The van der Waals surface area contributed by atoms with Crippen LogP contribution in [0.4, 0.5) is 0 Å². The van der Waals surface area contributed by atoms with Crippen molar-refractivity contribution in [2.45, 2.75) is 46.0 Å². The minimum absolute atomic E-state index is 0.0791. The second-order valence-electron chi connectivity index (χ2n) is 6.30. The molecule has 2 fully saturated rings. The molecule has 116 valence electrons. The van der Waals surface area contributed by atoms with E-state index in [0.29, 0.717) is 18.0 Å². The van der Waals surface area contributed by atoms with E-state index in [1.54, 1.807) is 7.05 Å². The molecular weight excluding hydrogens is 268 g/mol. The number of imide groups is 1. The molecule has 1 N–H and O–H groups in total. The standard InChI is InChI=1S/C16H24N2O3/c1-10(2)13-8-14(19)18(16(13)21)9-11-4-6-12(7-5-11)15(20)17-3/h11-12H,4-9H2,1-3H3,(H,17,20). The Balaban J connectivity index is 1.92. The summed E-state index contributed by atoms with van der Waals surface area (Å²) in [5, 5.41) is 2.69. The number of hydrogen-bond donors (Lipinski definition) is 1. The molecule has 0 unspecified atom stereocenters. The molecule has 0 aromatic rings. The lowest BCUT2D eigenvalue weighted by atomic mass is 9.81. The number of nitrogens with one attached hydrogen (secondary N) is 1. The zero-order chi connectivity index (χ0) is 15.6. The molecule has 1 aliphatic heterocycles. The van der Waals surface area contributed by atoms with E-state index in [-0.39, 0.29) is 30.1 Å². The number of carbonyl (C=O) groups is 3. The second kappa shape index (κ2) is 6.41. The molecule has 0 spiro atoms. The minimum Gasteiger partial charge on any atom is -0.359 e. The lowest BCUT2D eigenvalue weighted by Crippen LogP contribution is -2.37. The van der Waals surface area contributed by atoms with E-state index >= 15 is 0 Å². The number of rotatable bonds is 3. The van der Waals surface area contributed by atoms with E-state index in [1.807, 2.05) is 13.8 Å². The van der Waals surface area contributed by atoms with Crippen LogP contribution < -0.4 is 5.32 Å². The van der Waals surface area contributed by atoms with E-state index in [0.717, 1.165) is 31.3 Å². The summed E-state index contributed by atoms with van der Waals surface area (Å²) in [5.41, 5.74) is 1.58. The second-order valence-corrected chi connectivity index (χ2v) is 6.30. The van der Waals surface area contributed by atoms with Crippen LogP contribution in [0.25, 0.3) is 0 Å². The average molecular weight is 292 g/mol. The predicted molar refractivity (Wildman–Crippen MR) is 79.2 cm³/mol. The van der Waals surface area contributed by atoms with Gasteiger partial charge in [0.15, 0.2) is 0 Å². The van der Waals surface area contributed by atoms with Crippen molar-refractivity contribution >= 4 is 17.7 Å². The number of allylic oxidation sites excluding steroid dienone is 1. The zero-order valence-electron chi connectivity index (χ0n) is 13.1. The lowest BCUT2D eigenvalue weighted by Gasteiger charge is -2.29. The summed E-state index contributed by atoms with van der Waals surface area (Å²) < 4.78 is 0. The van der Waals surface area contributed by atoms with Crippen LogP contribution in [0.15, 0.2) is 11.1 Å². The Morgan fingerprint density at radius 3 is 2.29 bits per heavy atom. The van der Waals surface area contributed by atoms with Crippen LogP contribution in [0.2, 0.25) is 0 Å². The summed E-state index contributed by atoms with van der Waals surface area (Å²) in [7, 11) is 1.66. The van der Waals surface area contributed by atoms with Crippen LogP contribution in [0.5, 0.6) is 0 Å². The highest BCUT2D eigenvalue weighted by Crippen LogP contribution is 2.31. The Labute approximate surface area is 125 Å². The molecule has 3 amide bonds. The van der Waals surface area contributed by atoms with E-state index in [2.05, 4.69) is 5.32 Å². The number of carbonyl (C=O) groups excluding carboxylic acids is 3. The molecule has 21 heavy (non-hydrogen) atoms. The first kappa shape index (κ1) is 15.7. The molecule has 1 saturated heterocycles. The highest BCUT2D eigenvalue weighted by atomic mass is 16.2. The van der Waals surface area contributed by atoms with Crippen molar-refractivity contribution in [1.82, 2.24) is 10.2 Å². The van der Waals surface area contributed by atoms with Crippen LogP contribution in [-0.2, 0) is 14.4 Å². The minimum atomic E-state index is -0.117. The monoisotopic (exact) mass is 292 g/mol. The predicted octanol–water partition coefficient (Wildman–Crippen LogP) is 1.63. The van der Waals surface area contributed by atoms with Gasteiger partial charge in [-0.25, -0.2) is 0 Å². The van der Waals surface area contributed by atoms with Gasteiger partial charge in [-0.2, -0.15) is 0 Å². The lowest BCUT2D eigenvalue weighted by molar-refractivity contribution is -0.139. The smallest absolute Gasteiger partial charge is 0.256 e. The van der Waals surface area contributed by atoms with Gasteiger partial charge in [0.1, 0.15) is 0 Å². The van der Waals surface area contributed by atoms with Crippen molar-refractivity contribution in [1.29, 1.82) is 0 Å². The van der Waals surface area contributed by atoms with Gasteiger partial charge in [-0.3, -0.25) is 19.3 Å². The summed E-state index contributed by atoms with van der Waals surface area (Å²) >= 11 is 0. The molecule has 0 bridgehead atoms. The van der Waals surface area contributed by atoms with Crippen molar-refractivity contribution in [3.8, 4) is 0 Å². The average Bonchev–Trinajstić information content (AvgIpc) is 2.75. The van der Waals surface area contributed by atoms with E-state index in [9.17, 15) is 14.4 Å². The summed E-state index contributed by atoms with van der Waals surface area (Å²) in [6.45, 7) is 4.26. The maximum atomic E-state index is 12.2. The van der Waals surface area contributed by atoms with Gasteiger partial charge >= 0.3 is 0 Å². The fourth-order valence-electron chi connectivity index (χ4n) is 3.24. The fraction of sp³-hybridized carbons (Fsp3) is 0.688. The van der Waals surface area contributed by atoms with Gasteiger partial charge in [0, 0.05) is 25.1 Å². The summed E-state index contributed by atoms with van der Waals surface area (Å²) in [6, 6.07) is 0. The topological polar surface area (TPSA) is 66.5 Å². The summed E-state index contributed by atoms with van der Waals surface area (Å²) in [5.74, 6) is 0.326. The Kier molecular flexibility index (Phi) is 4.80. The fourth-order valence-corrected chi connectivity index (χ4v) is 3.24. The Morgan fingerprint density at radius 1 is 1.19 bits per heavy atom. The maximum Gasteiger partial charge on any atom is 0.256 e. The van der Waals surface area contributed by atoms with Gasteiger partial charge in [-0.1, -0.05) is 5.57 Å². The SMILES string of the molecule is CNC(=O)C1CCC(CN2C(=O)CC(=C(C)C)C2=O)CC1. The van der Waals surface area contributed by atoms with Crippen molar-refractivity contribution < 1.29 is 14.4 Å².